The maximum Gasteiger partial charge on any atom is 0.253 e. The Morgan fingerprint density at radius 3 is 2.94 bits per heavy atom. The van der Waals surface area contributed by atoms with Crippen molar-refractivity contribution in [3.05, 3.63) is 24.0 Å². The van der Waals surface area contributed by atoms with Crippen molar-refractivity contribution in [2.75, 3.05) is 6.54 Å². The smallest absolute Gasteiger partial charge is 0.253 e. The largest absolute Gasteiger partial charge is 0.347 e. The van der Waals surface area contributed by atoms with E-state index in [1.54, 1.807) is 6.07 Å². The molecule has 1 fully saturated rings. The molecule has 3 atom stereocenters. The third kappa shape index (κ3) is 2.79. The first-order chi connectivity index (χ1) is 8.18. The molecule has 0 bridgehead atoms. The van der Waals surface area contributed by atoms with Gasteiger partial charge in [-0.2, -0.15) is 10.2 Å². The second-order valence-corrected chi connectivity index (χ2v) is 4.64. The molecule has 17 heavy (non-hydrogen) atoms. The molecule has 5 nitrogen and oxygen atoms in total. The van der Waals surface area contributed by atoms with Gasteiger partial charge in [0.05, 0.1) is 18.0 Å². The van der Waals surface area contributed by atoms with Gasteiger partial charge in [0.1, 0.15) is 0 Å². The first kappa shape index (κ1) is 12.0. The van der Waals surface area contributed by atoms with E-state index in [-0.39, 0.29) is 11.9 Å². The van der Waals surface area contributed by atoms with Crippen molar-refractivity contribution >= 4 is 5.91 Å². The van der Waals surface area contributed by atoms with Crippen molar-refractivity contribution in [2.24, 2.45) is 5.92 Å². The summed E-state index contributed by atoms with van der Waals surface area (Å²) in [5.41, 5.74) is 0.560. The van der Waals surface area contributed by atoms with Crippen molar-refractivity contribution < 1.29 is 4.79 Å². The molecule has 0 aliphatic carbocycles. The number of piperidine rings is 1. The Balaban J connectivity index is 2.03. The molecule has 2 rings (SSSR count). The lowest BCUT2D eigenvalue weighted by Gasteiger charge is -2.35. The summed E-state index contributed by atoms with van der Waals surface area (Å²) in [4.78, 5) is 12.0. The second kappa shape index (κ2) is 5.23. The number of carbonyl (C=O) groups excluding carboxylic acids is 1. The summed E-state index contributed by atoms with van der Waals surface area (Å²) in [5.74, 6) is 0.414. The number of nitrogens with one attached hydrogen (secondary N) is 2. The van der Waals surface area contributed by atoms with Crippen LogP contribution in [-0.4, -0.2) is 34.7 Å². The van der Waals surface area contributed by atoms with E-state index in [9.17, 15) is 4.79 Å². The monoisotopic (exact) mass is 234 g/mol. The third-order valence-electron chi connectivity index (χ3n) is 3.36. The Kier molecular flexibility index (Phi) is 3.68. The zero-order chi connectivity index (χ0) is 12.3. The minimum absolute atomic E-state index is 0.0766. The highest BCUT2D eigenvalue weighted by Crippen LogP contribution is 2.16. The number of aromatic nitrogens is 2. The molecule has 1 aromatic heterocycles. The molecule has 0 radical (unpaired) electrons. The highest BCUT2D eigenvalue weighted by Gasteiger charge is 2.28. The number of carbonyl (C=O) groups is 1. The van der Waals surface area contributed by atoms with Crippen molar-refractivity contribution in [2.45, 2.75) is 32.4 Å². The highest BCUT2D eigenvalue weighted by atomic mass is 16.1. The maximum atomic E-state index is 12.0. The molecule has 1 saturated heterocycles. The Morgan fingerprint density at radius 2 is 2.29 bits per heavy atom. The Hall–Kier alpha value is -1.49. The van der Waals surface area contributed by atoms with Gasteiger partial charge in [0, 0.05) is 12.1 Å². The molecule has 2 N–H and O–H groups in total. The summed E-state index contributed by atoms with van der Waals surface area (Å²) in [6, 6.07) is 2.15. The van der Waals surface area contributed by atoms with Gasteiger partial charge in [0.25, 0.3) is 5.91 Å². The normalized spacial score (nSPS) is 28.7. The molecular weight excluding hydrogens is 216 g/mol. The van der Waals surface area contributed by atoms with E-state index in [1.807, 2.05) is 0 Å². The third-order valence-corrected chi connectivity index (χ3v) is 3.36. The molecule has 1 aromatic rings. The van der Waals surface area contributed by atoms with Gasteiger partial charge in [-0.05, 0) is 31.9 Å². The van der Waals surface area contributed by atoms with Gasteiger partial charge in [-0.3, -0.25) is 4.79 Å². The van der Waals surface area contributed by atoms with Gasteiger partial charge in [0.2, 0.25) is 0 Å². The van der Waals surface area contributed by atoms with Crippen LogP contribution in [0.2, 0.25) is 0 Å². The van der Waals surface area contributed by atoms with Crippen molar-refractivity contribution in [3.63, 3.8) is 0 Å². The zero-order valence-corrected chi connectivity index (χ0v) is 10.2. The van der Waals surface area contributed by atoms with Gasteiger partial charge in [0.15, 0.2) is 0 Å². The molecule has 0 aromatic carbocycles. The zero-order valence-electron chi connectivity index (χ0n) is 10.2. The average molecular weight is 234 g/mol. The fourth-order valence-corrected chi connectivity index (χ4v) is 2.26. The molecule has 0 spiro atoms. The molecule has 1 amide bonds. The molecule has 92 valence electrons. The molecule has 5 heteroatoms. The van der Waals surface area contributed by atoms with Crippen molar-refractivity contribution in [3.8, 4) is 0 Å². The van der Waals surface area contributed by atoms with E-state index in [2.05, 4.69) is 34.7 Å². The van der Waals surface area contributed by atoms with Crippen LogP contribution in [0.3, 0.4) is 0 Å². The van der Waals surface area contributed by atoms with Crippen LogP contribution in [0.1, 0.15) is 30.6 Å². The van der Waals surface area contributed by atoms with E-state index >= 15 is 0 Å². The lowest BCUT2D eigenvalue weighted by atomic mass is 9.89. The fourth-order valence-electron chi connectivity index (χ4n) is 2.26. The average Bonchev–Trinajstić information content (AvgIpc) is 2.35. The van der Waals surface area contributed by atoms with E-state index in [0.717, 1.165) is 13.0 Å². The van der Waals surface area contributed by atoms with Gasteiger partial charge in [-0.25, -0.2) is 0 Å². The van der Waals surface area contributed by atoms with Crippen LogP contribution in [-0.2, 0) is 0 Å². The minimum Gasteiger partial charge on any atom is -0.347 e. The van der Waals surface area contributed by atoms with E-state index in [4.69, 9.17) is 0 Å². The summed E-state index contributed by atoms with van der Waals surface area (Å²) in [6.45, 7) is 5.30. The summed E-state index contributed by atoms with van der Waals surface area (Å²) >= 11 is 0. The standard InChI is InChI=1S/C12H18N4O/c1-8-3-5-13-9(2)11(8)16-12(17)10-4-6-14-15-7-10/h4,6-9,11,13H,3,5H2,1-2H3,(H,16,17). The highest BCUT2D eigenvalue weighted by molar-refractivity contribution is 5.94. The van der Waals surface area contributed by atoms with Crippen LogP contribution in [0, 0.1) is 5.92 Å². The molecule has 1 aliphatic heterocycles. The van der Waals surface area contributed by atoms with Gasteiger partial charge >= 0.3 is 0 Å². The molecule has 3 unspecified atom stereocenters. The van der Waals surface area contributed by atoms with E-state index < -0.39 is 0 Å². The number of rotatable bonds is 2. The number of hydrogen-bond acceptors (Lipinski definition) is 4. The summed E-state index contributed by atoms with van der Waals surface area (Å²) in [6.07, 6.45) is 4.10. The topological polar surface area (TPSA) is 66.9 Å². The van der Waals surface area contributed by atoms with Crippen LogP contribution >= 0.6 is 0 Å². The van der Waals surface area contributed by atoms with Crippen LogP contribution in [0.25, 0.3) is 0 Å². The van der Waals surface area contributed by atoms with Crippen molar-refractivity contribution in [1.82, 2.24) is 20.8 Å². The number of amides is 1. The van der Waals surface area contributed by atoms with E-state index in [1.165, 1.54) is 12.4 Å². The van der Waals surface area contributed by atoms with Crippen molar-refractivity contribution in [1.29, 1.82) is 0 Å². The second-order valence-electron chi connectivity index (χ2n) is 4.64. The first-order valence-corrected chi connectivity index (χ1v) is 5.99. The fraction of sp³-hybridized carbons (Fsp3) is 0.583. The quantitative estimate of drug-likeness (QED) is 0.786. The Morgan fingerprint density at radius 1 is 1.47 bits per heavy atom. The number of nitrogens with zero attached hydrogens (tertiary/aromatic N) is 2. The summed E-state index contributed by atoms with van der Waals surface area (Å²) in [5, 5.41) is 13.8. The predicted octanol–water partition coefficient (Wildman–Crippen LogP) is 0.593. The maximum absolute atomic E-state index is 12.0. The number of hydrogen-bond donors (Lipinski definition) is 2. The molecule has 2 heterocycles. The van der Waals surface area contributed by atoms with Gasteiger partial charge in [-0.1, -0.05) is 6.92 Å². The Labute approximate surface area is 101 Å². The first-order valence-electron chi connectivity index (χ1n) is 5.99. The van der Waals surface area contributed by atoms with Crippen LogP contribution in [0.15, 0.2) is 18.5 Å². The van der Waals surface area contributed by atoms with Crippen LogP contribution < -0.4 is 10.6 Å². The summed E-state index contributed by atoms with van der Waals surface area (Å²) in [7, 11) is 0. The summed E-state index contributed by atoms with van der Waals surface area (Å²) < 4.78 is 0. The molecule has 0 saturated carbocycles. The lowest BCUT2D eigenvalue weighted by Crippen LogP contribution is -2.55. The van der Waals surface area contributed by atoms with Gasteiger partial charge in [-0.15, -0.1) is 0 Å². The molecule has 1 aliphatic rings. The Bertz CT molecular complexity index is 371. The predicted molar refractivity (Wildman–Crippen MR) is 64.5 cm³/mol. The SMILES string of the molecule is CC1CCNC(C)C1NC(=O)c1ccnnc1. The van der Waals surface area contributed by atoms with Crippen LogP contribution in [0.4, 0.5) is 0 Å². The van der Waals surface area contributed by atoms with E-state index in [0.29, 0.717) is 17.5 Å². The van der Waals surface area contributed by atoms with Gasteiger partial charge < -0.3 is 10.6 Å². The minimum atomic E-state index is -0.0766. The molecular formula is C12H18N4O. The van der Waals surface area contributed by atoms with Crippen LogP contribution in [0.5, 0.6) is 0 Å². The lowest BCUT2D eigenvalue weighted by molar-refractivity contribution is 0.0897.